The van der Waals surface area contributed by atoms with E-state index in [0.29, 0.717) is 22.9 Å². The number of fused-ring (bicyclic) bond motifs is 2. The average molecular weight is 1350 g/mol. The van der Waals surface area contributed by atoms with E-state index in [4.69, 9.17) is 17.2 Å². The van der Waals surface area contributed by atoms with Crippen LogP contribution in [0.25, 0.3) is 10.9 Å². The molecule has 14 amide bonds. The number of nitrogens with one attached hydrogen (secondary N) is 14. The number of amides is 14. The molecule has 0 spiro atoms. The summed E-state index contributed by atoms with van der Waals surface area (Å²) in [5, 5.41) is 69.1. The fourth-order valence-electron chi connectivity index (χ4n) is 10.0. The molecule has 0 bridgehead atoms. The number of carboxylic acid groups (broad SMARTS) is 1. The van der Waals surface area contributed by atoms with E-state index in [1.807, 2.05) is 0 Å². The van der Waals surface area contributed by atoms with Crippen molar-refractivity contribution in [2.45, 2.75) is 151 Å². The topological polar surface area (TPSA) is 619 Å². The van der Waals surface area contributed by atoms with E-state index in [0.717, 1.165) is 4.90 Å². The van der Waals surface area contributed by atoms with Crippen LogP contribution in [-0.4, -0.2) is 247 Å². The number of nitrogens with zero attached hydrogens (tertiary/aromatic N) is 3. The zero-order valence-electron chi connectivity index (χ0n) is 52.6. The van der Waals surface area contributed by atoms with Gasteiger partial charge in [-0.3, -0.25) is 76.9 Å². The molecule has 12 atom stereocenters. The van der Waals surface area contributed by atoms with Crippen molar-refractivity contribution in [2.24, 2.45) is 22.2 Å². The number of aliphatic hydroxyl groups is 3. The van der Waals surface area contributed by atoms with Crippen molar-refractivity contribution < 1.29 is 92.3 Å². The van der Waals surface area contributed by atoms with Crippen LogP contribution in [0.5, 0.6) is 0 Å². The summed E-state index contributed by atoms with van der Waals surface area (Å²) in [6.07, 6.45) is 0.977. The predicted molar refractivity (Wildman–Crippen MR) is 332 cm³/mol. The van der Waals surface area contributed by atoms with Gasteiger partial charge in [-0.05, 0) is 64.5 Å². The summed E-state index contributed by atoms with van der Waals surface area (Å²) in [5.74, 6) is -17.2. The molecule has 96 heavy (non-hydrogen) atoms. The Hall–Kier alpha value is -10.8. The second-order valence-corrected chi connectivity index (χ2v) is 22.6. The number of aliphatic hydroxyl groups excluding tert-OH is 3. The number of carbonyl (C=O) groups is 15. The molecule has 0 radical (unpaired) electrons. The second kappa shape index (κ2) is 36.6. The average Bonchev–Trinajstić information content (AvgIpc) is 1.63. The van der Waals surface area contributed by atoms with E-state index >= 15 is 0 Å². The number of hydrogen-bond acceptors (Lipinski definition) is 20. The van der Waals surface area contributed by atoms with Gasteiger partial charge in [0.05, 0.1) is 39.1 Å². The molecule has 3 aromatic rings. The lowest BCUT2D eigenvalue weighted by Crippen LogP contribution is -2.61. The number of aliphatic imine (C=N–C) groups is 1. The quantitative estimate of drug-likeness (QED) is 0.0360. The number of carbonyl (C=O) groups excluding carboxylic acids is 14. The van der Waals surface area contributed by atoms with Gasteiger partial charge in [0.2, 0.25) is 82.7 Å². The molecule has 2 aromatic heterocycles. The number of aromatic nitrogens is 3. The molecule has 0 aliphatic carbocycles. The Morgan fingerprint density at radius 2 is 1.07 bits per heavy atom. The van der Waals surface area contributed by atoms with Crippen LogP contribution < -0.4 is 81.0 Å². The van der Waals surface area contributed by atoms with E-state index in [9.17, 15) is 92.3 Å². The van der Waals surface area contributed by atoms with Gasteiger partial charge < -0.3 is 116 Å². The van der Waals surface area contributed by atoms with Gasteiger partial charge >= 0.3 is 5.97 Å². The minimum atomic E-state index is -1.96. The van der Waals surface area contributed by atoms with Gasteiger partial charge in [-0.15, -0.1) is 0 Å². The smallest absolute Gasteiger partial charge is 0.303 e. The number of para-hydroxylation sites is 1. The van der Waals surface area contributed by atoms with E-state index in [1.54, 1.807) is 24.3 Å². The first-order chi connectivity index (χ1) is 45.5. The standard InChI is InChI=1S/C57H82N20O19/c1-26-45(85)68-28(3)56(96)77-15-7-11-41(77)55(95)67-27(2)46(86)75-39(23-79)54(94)76-40(24-80)53(93)72-35(16-29-19-63-32-9-5-4-8-31(29)32)50(90)70-33(10-6-14-62-57(59)60)47(87)64-21-43(82)69-38(22-78)52(92)71-34(12-13-44(83)84)48(88)74-37(18-42(58)81)51(91)73-36(49(89)66-26)17-30-20-61-25-65-30/h4-5,8-9,19-20,25-28,33-41,63,78-80H,6-7,10-18,21-24H2,1-3H3,(H2,58,81)(H,61,65)(H,64,87)(H,66,89)(H,67,95)(H,68,85)(H,69,82)(H,70,90)(H,71,92)(H,72,93)(H,73,91)(H,74,88)(H,75,86)(H,76,94)(H,83,84)(H4,59,60,62)/t26-,27-,28-,33-,34-,35-,36-,37-,38-,39-,40-,41-/m0/s1. The van der Waals surface area contributed by atoms with Gasteiger partial charge in [0, 0.05) is 61.3 Å². The Balaban J connectivity index is 1.49. The predicted octanol–water partition coefficient (Wildman–Crippen LogP) is -10.0. The third kappa shape index (κ3) is 22.7. The van der Waals surface area contributed by atoms with Crippen molar-refractivity contribution >= 4 is 106 Å². The van der Waals surface area contributed by atoms with Gasteiger partial charge in [-0.2, -0.15) is 0 Å². The number of primary amides is 1. The van der Waals surface area contributed by atoms with E-state index in [1.165, 1.54) is 39.5 Å². The number of guanidine groups is 1. The summed E-state index contributed by atoms with van der Waals surface area (Å²) in [6.45, 7) is -0.739. The summed E-state index contributed by atoms with van der Waals surface area (Å²) in [4.78, 5) is 219. The van der Waals surface area contributed by atoms with Crippen molar-refractivity contribution in [3.63, 3.8) is 0 Å². The van der Waals surface area contributed by atoms with Crippen molar-refractivity contribution in [3.05, 3.63) is 54.2 Å². The molecule has 39 heteroatoms. The Morgan fingerprint density at radius 1 is 0.573 bits per heavy atom. The highest BCUT2D eigenvalue weighted by molar-refractivity contribution is 6.01. The number of carboxylic acids is 1. The zero-order chi connectivity index (χ0) is 70.9. The number of hydrogen-bond donors (Lipinski definition) is 21. The molecular weight excluding hydrogens is 1270 g/mol. The van der Waals surface area contributed by atoms with Crippen LogP contribution in [0, 0.1) is 0 Å². The lowest BCUT2D eigenvalue weighted by atomic mass is 10.0. The number of nitrogens with two attached hydrogens (primary N) is 3. The Labute approximate surface area is 546 Å². The first-order valence-electron chi connectivity index (χ1n) is 30.4. The lowest BCUT2D eigenvalue weighted by molar-refractivity contribution is -0.142. The normalized spacial score (nSPS) is 25.9. The van der Waals surface area contributed by atoms with Crippen LogP contribution in [0.3, 0.4) is 0 Å². The highest BCUT2D eigenvalue weighted by Crippen LogP contribution is 2.21. The fraction of sp³-hybridized carbons (Fsp3) is 0.526. The van der Waals surface area contributed by atoms with Crippen molar-refractivity contribution in [2.75, 3.05) is 39.5 Å². The molecule has 39 nitrogen and oxygen atoms in total. The highest BCUT2D eigenvalue weighted by Gasteiger charge is 2.40. The second-order valence-electron chi connectivity index (χ2n) is 22.6. The van der Waals surface area contributed by atoms with Gasteiger partial charge in [0.25, 0.3) is 0 Å². The largest absolute Gasteiger partial charge is 0.481 e. The Morgan fingerprint density at radius 3 is 1.67 bits per heavy atom. The van der Waals surface area contributed by atoms with Crippen LogP contribution in [0.2, 0.25) is 0 Å². The van der Waals surface area contributed by atoms with Gasteiger partial charge in [-0.25, -0.2) is 4.98 Å². The Kier molecular flexibility index (Phi) is 28.9. The number of imidazole rings is 1. The van der Waals surface area contributed by atoms with Crippen LogP contribution in [0.15, 0.2) is 48.0 Å². The number of aromatic amines is 2. The van der Waals surface area contributed by atoms with Gasteiger partial charge in [-0.1, -0.05) is 18.2 Å². The van der Waals surface area contributed by atoms with Crippen LogP contribution in [-0.2, 0) is 84.8 Å². The third-order valence-corrected chi connectivity index (χ3v) is 15.2. The molecule has 0 unspecified atom stereocenters. The summed E-state index contributed by atoms with van der Waals surface area (Å²) in [7, 11) is 0. The summed E-state index contributed by atoms with van der Waals surface area (Å²) in [6, 6.07) is -13.1. The lowest BCUT2D eigenvalue weighted by Gasteiger charge is -2.29. The monoisotopic (exact) mass is 1350 g/mol. The van der Waals surface area contributed by atoms with Crippen LogP contribution >= 0.6 is 0 Å². The third-order valence-electron chi connectivity index (χ3n) is 15.2. The first-order valence-corrected chi connectivity index (χ1v) is 30.4. The van der Waals surface area contributed by atoms with E-state index < -0.39 is 207 Å². The first kappa shape index (κ1) is 75.9. The Bertz CT molecular complexity index is 3360. The number of H-pyrrole nitrogens is 2. The van der Waals surface area contributed by atoms with Crippen molar-refractivity contribution in [3.8, 4) is 0 Å². The van der Waals surface area contributed by atoms with E-state index in [2.05, 4.69) is 83.7 Å². The minimum absolute atomic E-state index is 0.00481. The maximum absolute atomic E-state index is 14.5. The maximum atomic E-state index is 14.5. The number of rotatable bonds is 16. The molecule has 1 aromatic carbocycles. The van der Waals surface area contributed by atoms with Crippen LogP contribution in [0.4, 0.5) is 0 Å². The highest BCUT2D eigenvalue weighted by atomic mass is 16.4. The molecule has 2 aliphatic heterocycles. The summed E-state index contributed by atoms with van der Waals surface area (Å²) in [5.41, 5.74) is 17.7. The van der Waals surface area contributed by atoms with E-state index in [-0.39, 0.29) is 56.8 Å². The maximum Gasteiger partial charge on any atom is 0.303 e. The molecule has 5 rings (SSSR count). The van der Waals surface area contributed by atoms with Gasteiger partial charge in [0.1, 0.15) is 72.5 Å². The summed E-state index contributed by atoms with van der Waals surface area (Å²) >= 11 is 0. The molecule has 2 saturated heterocycles. The molecule has 0 saturated carbocycles. The molecular formula is C57H82N20O19. The van der Waals surface area contributed by atoms with Crippen LogP contribution in [0.1, 0.15) is 77.0 Å². The SMILES string of the molecule is C[C@@H]1NC(=O)[C@H](Cc2cnc[nH]2)NC(=O)[C@H](CC(N)=O)NC(=O)[C@H](CCC(=O)O)NC(=O)[C@H](CO)NC(=O)CNC(=O)[C@H](CCCN=C(N)N)NC(=O)[C@H](Cc2c[nH]c3ccccc23)NC(=O)[C@H](CO)NC(=O)[C@H](CO)NC(=O)[C@H](C)NC(=O)[C@@H]2CCCN2C(=O)[C@H](C)NC1=O. The van der Waals surface area contributed by atoms with Gasteiger partial charge in [0.15, 0.2) is 5.96 Å². The zero-order valence-corrected chi connectivity index (χ0v) is 52.6. The minimum Gasteiger partial charge on any atom is -0.481 e. The molecule has 2 aliphatic rings. The summed E-state index contributed by atoms with van der Waals surface area (Å²) < 4.78 is 0. The van der Waals surface area contributed by atoms with Crippen molar-refractivity contribution in [1.82, 2.24) is 83.7 Å². The number of aliphatic carboxylic acids is 1. The fourth-order valence-corrected chi connectivity index (χ4v) is 10.0. The molecule has 524 valence electrons. The number of benzene rings is 1. The molecule has 24 N–H and O–H groups in total. The van der Waals surface area contributed by atoms with Crippen molar-refractivity contribution in [1.29, 1.82) is 0 Å². The molecule has 2 fully saturated rings. The molecule has 4 heterocycles.